The van der Waals surface area contributed by atoms with Crippen LogP contribution in [-0.4, -0.2) is 89.8 Å². The van der Waals surface area contributed by atoms with E-state index in [1.54, 1.807) is 0 Å². The Kier molecular flexibility index (Phi) is 8.27. The SMILES string of the molecule is NC1=NC(=O)N([C@@H]2O[C@H](CO)[C@@H](O)[C@H]2O)CC1=[Se].[Cl][Pt][Cl]. The summed E-state index contributed by atoms with van der Waals surface area (Å²) in [6.45, 7) is -0.336. The molecule has 0 radical (unpaired) electrons. The Bertz CT molecular complexity index is 444. The Morgan fingerprint density at radius 2 is 2.05 bits per heavy atom. The van der Waals surface area contributed by atoms with Crippen LogP contribution in [0.3, 0.4) is 0 Å². The van der Waals surface area contributed by atoms with Crippen molar-refractivity contribution in [2.45, 2.75) is 24.5 Å². The molecule has 1 saturated heterocycles. The van der Waals surface area contributed by atoms with Crippen molar-refractivity contribution in [3.05, 3.63) is 0 Å². The van der Waals surface area contributed by atoms with E-state index >= 15 is 0 Å². The molecule has 12 heteroatoms. The first-order valence-electron chi connectivity index (χ1n) is 5.50. The van der Waals surface area contributed by atoms with Crippen molar-refractivity contribution in [2.24, 2.45) is 10.7 Å². The van der Waals surface area contributed by atoms with Gasteiger partial charge in [-0.3, -0.25) is 0 Å². The van der Waals surface area contributed by atoms with E-state index in [4.69, 9.17) is 34.4 Å². The number of hydrogen-bond donors (Lipinski definition) is 4. The minimum atomic E-state index is -1.30. The van der Waals surface area contributed by atoms with Gasteiger partial charge in [0, 0.05) is 0 Å². The molecular weight excluding hydrogens is 575 g/mol. The number of aliphatic hydroxyl groups excluding tert-OH is 3. The molecule has 5 N–H and O–H groups in total. The number of carbonyl (C=O) groups excluding carboxylic acids is 1. The van der Waals surface area contributed by atoms with Crippen LogP contribution in [-0.2, 0) is 21.2 Å². The number of halogens is 2. The summed E-state index contributed by atoms with van der Waals surface area (Å²) >= 11 is 2.20. The van der Waals surface area contributed by atoms with E-state index in [-0.39, 0.29) is 12.4 Å². The summed E-state index contributed by atoms with van der Waals surface area (Å²) in [4.78, 5) is 16.4. The maximum atomic E-state index is 11.7. The van der Waals surface area contributed by atoms with Crippen LogP contribution < -0.4 is 5.73 Å². The number of carbonyl (C=O) groups is 1. The van der Waals surface area contributed by atoms with Gasteiger partial charge in [0.1, 0.15) is 0 Å². The van der Waals surface area contributed by atoms with Crippen LogP contribution in [0.25, 0.3) is 0 Å². The van der Waals surface area contributed by atoms with Crippen molar-refractivity contribution in [1.82, 2.24) is 4.90 Å². The van der Waals surface area contributed by atoms with Gasteiger partial charge in [-0.25, -0.2) is 0 Å². The van der Waals surface area contributed by atoms with Crippen molar-refractivity contribution in [1.29, 1.82) is 0 Å². The van der Waals surface area contributed by atoms with Gasteiger partial charge in [-0.15, -0.1) is 0 Å². The summed E-state index contributed by atoms with van der Waals surface area (Å²) in [7, 11) is 9.75. The predicted octanol–water partition coefficient (Wildman–Crippen LogP) is -2.06. The fourth-order valence-corrected chi connectivity index (χ4v) is 2.26. The number of hydrogen-bond acceptors (Lipinski definition) is 6. The van der Waals surface area contributed by atoms with Gasteiger partial charge in [0.25, 0.3) is 0 Å². The average molecular weight is 588 g/mol. The third kappa shape index (κ3) is 4.70. The first-order chi connectivity index (χ1) is 9.87. The van der Waals surface area contributed by atoms with Crippen LogP contribution >= 0.6 is 18.8 Å². The zero-order chi connectivity index (χ0) is 16.2. The molecule has 0 spiro atoms. The number of aliphatic imine (C=N–C) groups is 1. The Hall–Kier alpha value is 0.438. The van der Waals surface area contributed by atoms with Gasteiger partial charge < -0.3 is 0 Å². The number of urea groups is 1. The van der Waals surface area contributed by atoms with Gasteiger partial charge in [0.15, 0.2) is 0 Å². The van der Waals surface area contributed by atoms with Crippen LogP contribution in [0.1, 0.15) is 0 Å². The van der Waals surface area contributed by atoms with Crippen LogP contribution in [0.5, 0.6) is 0 Å². The number of rotatable bonds is 2. The standard InChI is InChI=1S/C9H13N3O5Se.2ClH.Pt/c10-7-4(18)1-12(9(16)11-7)8-6(15)5(14)3(2-13)17-8;;;/h3,5-6,8,13-15H,1-2H2,(H2,10,11,16);2*1H;/q;;;+2/p-2/t3-,5-,6-,8-;;;/m1.../s1. The number of nitrogens with two attached hydrogens (primary N) is 1. The molecule has 0 aromatic carbocycles. The quantitative estimate of drug-likeness (QED) is 0.275. The number of aliphatic hydroxyl groups is 3. The molecule has 4 atom stereocenters. The maximum absolute atomic E-state index is 11.7. The first-order valence-corrected chi connectivity index (χ1v) is 12.0. The van der Waals surface area contributed by atoms with Gasteiger partial charge >= 0.3 is 145 Å². The molecule has 0 unspecified atom stereocenters. The molecule has 1 fully saturated rings. The topological polar surface area (TPSA) is 129 Å². The second-order valence-electron chi connectivity index (χ2n) is 4.10. The molecule has 21 heavy (non-hydrogen) atoms. The molecule has 2 heterocycles. The first kappa shape index (κ1) is 19.5. The van der Waals surface area contributed by atoms with E-state index in [0.29, 0.717) is 4.42 Å². The van der Waals surface area contributed by atoms with Gasteiger partial charge in [-0.05, 0) is 0 Å². The molecule has 124 valence electrons. The zero-order valence-corrected chi connectivity index (χ0v) is 15.8. The van der Waals surface area contributed by atoms with Crippen molar-refractivity contribution in [3.8, 4) is 0 Å². The molecule has 2 amide bonds. The second-order valence-corrected chi connectivity index (χ2v) is 8.42. The zero-order valence-electron chi connectivity index (χ0n) is 10.3. The summed E-state index contributed by atoms with van der Waals surface area (Å²) in [6, 6.07) is -0.652. The van der Waals surface area contributed by atoms with E-state index in [9.17, 15) is 15.0 Å². The molecule has 0 saturated carbocycles. The molecule has 0 aromatic rings. The van der Waals surface area contributed by atoms with E-state index in [1.807, 2.05) is 0 Å². The molecule has 0 bridgehead atoms. The summed E-state index contributed by atoms with van der Waals surface area (Å²) in [5.74, 6) is 0.1000. The molecule has 2 aliphatic heterocycles. The van der Waals surface area contributed by atoms with Crippen LogP contribution in [0.15, 0.2) is 4.99 Å². The Morgan fingerprint density at radius 1 is 1.48 bits per heavy atom. The average Bonchev–Trinajstić information content (AvgIpc) is 2.71. The molecule has 2 aliphatic rings. The van der Waals surface area contributed by atoms with E-state index in [0.717, 1.165) is 4.90 Å². The summed E-state index contributed by atoms with van der Waals surface area (Å²) in [6.07, 6.45) is -4.52. The molecule has 8 nitrogen and oxygen atoms in total. The molecule has 0 aliphatic carbocycles. The van der Waals surface area contributed by atoms with E-state index < -0.39 is 53.7 Å². The van der Waals surface area contributed by atoms with Crippen molar-refractivity contribution in [2.75, 3.05) is 13.2 Å². The van der Waals surface area contributed by atoms with E-state index in [2.05, 4.69) is 20.6 Å². The Morgan fingerprint density at radius 3 is 2.52 bits per heavy atom. The molecule has 2 rings (SSSR count). The number of amides is 2. The van der Waals surface area contributed by atoms with Crippen LogP contribution in [0, 0.1) is 0 Å². The molecule has 0 aromatic heterocycles. The fourth-order valence-electron chi connectivity index (χ4n) is 1.87. The van der Waals surface area contributed by atoms with Crippen molar-refractivity contribution in [3.63, 3.8) is 0 Å². The van der Waals surface area contributed by atoms with Gasteiger partial charge in [-0.1, -0.05) is 0 Å². The van der Waals surface area contributed by atoms with Crippen molar-refractivity contribution < 1.29 is 41.3 Å². The third-order valence-electron chi connectivity index (χ3n) is 2.89. The van der Waals surface area contributed by atoms with Crippen LogP contribution in [0.2, 0.25) is 0 Å². The summed E-state index contributed by atoms with van der Waals surface area (Å²) in [5.41, 5.74) is 5.49. The van der Waals surface area contributed by atoms with E-state index in [1.165, 1.54) is 0 Å². The van der Waals surface area contributed by atoms with Crippen molar-refractivity contribution >= 4 is 50.7 Å². The fraction of sp³-hybridized carbons (Fsp3) is 0.667. The number of amidine groups is 1. The van der Waals surface area contributed by atoms with Gasteiger partial charge in [-0.2, -0.15) is 0 Å². The number of nitrogens with zero attached hydrogens (tertiary/aromatic N) is 2. The summed E-state index contributed by atoms with van der Waals surface area (Å²) < 4.78 is 5.79. The summed E-state index contributed by atoms with van der Waals surface area (Å²) in [5, 5.41) is 28.4. The Labute approximate surface area is 145 Å². The van der Waals surface area contributed by atoms with Gasteiger partial charge in [0.2, 0.25) is 0 Å². The predicted molar refractivity (Wildman–Crippen MR) is 74.0 cm³/mol. The monoisotopic (exact) mass is 588 g/mol. The third-order valence-corrected chi connectivity index (χ3v) is 3.60. The van der Waals surface area contributed by atoms with Gasteiger partial charge in [0.05, 0.1) is 0 Å². The second kappa shape index (κ2) is 8.91. The minimum absolute atomic E-state index is 0.1000. The number of ether oxygens (including phenoxy) is 1. The molecular formula is C9H13Cl2N3O5PtSe. The normalized spacial score (nSPS) is 32.8. The Balaban J connectivity index is 0.000000677. The van der Waals surface area contributed by atoms with Crippen LogP contribution in [0.4, 0.5) is 4.79 Å².